The molecular weight excluding hydrogens is 465 g/mol. The zero-order valence-corrected chi connectivity index (χ0v) is 20.9. The molecule has 0 aliphatic carbocycles. The van der Waals surface area contributed by atoms with Gasteiger partial charge in [0.15, 0.2) is 5.60 Å². The molecular formula is C26H29F3O4S. The van der Waals surface area contributed by atoms with E-state index in [0.29, 0.717) is 22.0 Å². The Bertz CT molecular complexity index is 1080. The van der Waals surface area contributed by atoms with Gasteiger partial charge in [0.1, 0.15) is 17.6 Å². The number of alkyl halides is 3. The number of benzene rings is 2. The first kappa shape index (κ1) is 27.4. The van der Waals surface area contributed by atoms with E-state index in [2.05, 4.69) is 6.58 Å². The van der Waals surface area contributed by atoms with E-state index in [9.17, 15) is 23.1 Å². The lowest BCUT2D eigenvalue weighted by Crippen LogP contribution is -2.38. The lowest BCUT2D eigenvalue weighted by atomic mass is 10.1. The second-order valence-electron chi connectivity index (χ2n) is 8.57. The summed E-state index contributed by atoms with van der Waals surface area (Å²) in [5.74, 6) is -0.0516. The molecule has 8 heteroatoms. The van der Waals surface area contributed by atoms with Crippen molar-refractivity contribution in [3.63, 3.8) is 0 Å². The molecule has 2 aromatic carbocycles. The maximum Gasteiger partial charge on any atom is 0.416 e. The molecule has 1 atom stereocenters. The molecule has 2 aromatic rings. The van der Waals surface area contributed by atoms with E-state index in [1.54, 1.807) is 25.1 Å². The zero-order valence-electron chi connectivity index (χ0n) is 20.0. The molecule has 184 valence electrons. The monoisotopic (exact) mass is 494 g/mol. The molecule has 1 N–H and O–H groups in total. The number of carboxylic acids is 1. The van der Waals surface area contributed by atoms with Crippen LogP contribution in [-0.4, -0.2) is 22.8 Å². The summed E-state index contributed by atoms with van der Waals surface area (Å²) in [4.78, 5) is 12.8. The molecule has 0 bridgehead atoms. The second-order valence-corrected chi connectivity index (χ2v) is 9.71. The van der Waals surface area contributed by atoms with E-state index in [0.717, 1.165) is 28.2 Å². The van der Waals surface area contributed by atoms with Crippen LogP contribution in [0, 0.1) is 6.92 Å². The van der Waals surface area contributed by atoms with Gasteiger partial charge >= 0.3 is 12.1 Å². The average Bonchev–Trinajstić information content (AvgIpc) is 2.72. The summed E-state index contributed by atoms with van der Waals surface area (Å²) in [6.07, 6.45) is -4.74. The summed E-state index contributed by atoms with van der Waals surface area (Å²) < 4.78 is 50.2. The number of allylic oxidation sites excluding steroid dienone is 1. The number of thioether (sulfide) groups is 1. The highest BCUT2D eigenvalue weighted by atomic mass is 32.2. The summed E-state index contributed by atoms with van der Waals surface area (Å²) in [7, 11) is 0. The van der Waals surface area contributed by atoms with Gasteiger partial charge in [-0.1, -0.05) is 36.0 Å². The molecule has 0 aliphatic rings. The summed E-state index contributed by atoms with van der Waals surface area (Å²) in [6, 6.07) is 10.0. The third-order valence-electron chi connectivity index (χ3n) is 4.97. The van der Waals surface area contributed by atoms with Gasteiger partial charge in [-0.3, -0.25) is 0 Å². The summed E-state index contributed by atoms with van der Waals surface area (Å²) in [5.41, 5.74) is 0.236. The van der Waals surface area contributed by atoms with Crippen LogP contribution in [0.4, 0.5) is 13.2 Å². The van der Waals surface area contributed by atoms with Gasteiger partial charge in [0.25, 0.3) is 0 Å². The minimum absolute atomic E-state index is 0.358. The number of halogens is 3. The van der Waals surface area contributed by atoms with Crippen molar-refractivity contribution in [2.75, 3.05) is 0 Å². The molecule has 0 heterocycles. The Morgan fingerprint density at radius 2 is 1.68 bits per heavy atom. The molecule has 2 rings (SSSR count). The van der Waals surface area contributed by atoms with E-state index in [4.69, 9.17) is 9.47 Å². The van der Waals surface area contributed by atoms with Crippen LogP contribution in [0.25, 0.3) is 4.91 Å². The molecule has 0 saturated heterocycles. The molecule has 0 amide bonds. The fourth-order valence-electron chi connectivity index (χ4n) is 3.01. The fraction of sp³-hybridized carbons (Fsp3) is 0.346. The molecule has 0 fully saturated rings. The second kappa shape index (κ2) is 10.6. The van der Waals surface area contributed by atoms with E-state index < -0.39 is 23.3 Å². The maximum absolute atomic E-state index is 12.8. The Morgan fingerprint density at radius 3 is 2.15 bits per heavy atom. The van der Waals surface area contributed by atoms with Gasteiger partial charge in [-0.15, -0.1) is 0 Å². The topological polar surface area (TPSA) is 55.8 Å². The van der Waals surface area contributed by atoms with Crippen molar-refractivity contribution in [1.29, 1.82) is 0 Å². The number of aryl methyl sites for hydroxylation is 1. The Balaban J connectivity index is 2.14. The van der Waals surface area contributed by atoms with Gasteiger partial charge in [-0.2, -0.15) is 13.2 Å². The number of rotatable bonds is 9. The summed E-state index contributed by atoms with van der Waals surface area (Å²) in [5, 5.41) is 9.27. The molecule has 0 aliphatic heterocycles. The van der Waals surface area contributed by atoms with Crippen LogP contribution in [0.1, 0.15) is 51.3 Å². The third kappa shape index (κ3) is 7.06. The molecule has 0 spiro atoms. The summed E-state index contributed by atoms with van der Waals surface area (Å²) >= 11 is 1.35. The van der Waals surface area contributed by atoms with Crippen molar-refractivity contribution >= 4 is 22.6 Å². The normalized spacial score (nSPS) is 12.6. The van der Waals surface area contributed by atoms with Crippen LogP contribution < -0.4 is 9.47 Å². The molecule has 4 nitrogen and oxygen atoms in total. The Hall–Kier alpha value is -2.87. The van der Waals surface area contributed by atoms with Crippen molar-refractivity contribution in [3.8, 4) is 11.5 Å². The smallest absolute Gasteiger partial charge is 0.416 e. The number of aliphatic carboxylic acids is 1. The van der Waals surface area contributed by atoms with Gasteiger partial charge in [0.05, 0.1) is 5.56 Å². The standard InChI is InChI=1S/C26H29F3O4S/c1-15(2)23(34-18(5)19-8-10-20(11-9-19)26(27,28)29)17(4)32-21-12-13-22(16(3)14-21)33-25(6,7)24(30)31/h8-14,17H,5H2,1-4,6-7H3,(H,30,31)/t17-/m1/s1. The van der Waals surface area contributed by atoms with Crippen LogP contribution in [0.2, 0.25) is 0 Å². The number of ether oxygens (including phenoxy) is 2. The number of carboxylic acid groups (broad SMARTS) is 1. The maximum atomic E-state index is 12.8. The minimum atomic E-state index is -4.39. The number of hydrogen-bond donors (Lipinski definition) is 1. The van der Waals surface area contributed by atoms with E-state index >= 15 is 0 Å². The van der Waals surface area contributed by atoms with Crippen LogP contribution in [-0.2, 0) is 11.0 Å². The van der Waals surface area contributed by atoms with Crippen molar-refractivity contribution in [2.24, 2.45) is 0 Å². The van der Waals surface area contributed by atoms with Gasteiger partial charge in [0, 0.05) is 9.81 Å². The van der Waals surface area contributed by atoms with Gasteiger partial charge in [-0.25, -0.2) is 4.79 Å². The highest BCUT2D eigenvalue weighted by Crippen LogP contribution is 2.38. The largest absolute Gasteiger partial charge is 0.485 e. The highest BCUT2D eigenvalue weighted by molar-refractivity contribution is 8.11. The lowest BCUT2D eigenvalue weighted by molar-refractivity contribution is -0.152. The van der Waals surface area contributed by atoms with Crippen molar-refractivity contribution in [2.45, 2.75) is 59.4 Å². The molecule has 34 heavy (non-hydrogen) atoms. The molecule has 0 saturated carbocycles. The fourth-order valence-corrected chi connectivity index (χ4v) is 3.95. The van der Waals surface area contributed by atoms with Crippen LogP contribution in [0.3, 0.4) is 0 Å². The van der Waals surface area contributed by atoms with Crippen LogP contribution in [0.5, 0.6) is 11.5 Å². The first-order chi connectivity index (χ1) is 15.6. The zero-order chi connectivity index (χ0) is 25.8. The first-order valence-corrected chi connectivity index (χ1v) is 11.3. The molecule has 0 aromatic heterocycles. The van der Waals surface area contributed by atoms with Crippen molar-refractivity contribution < 1.29 is 32.5 Å². The van der Waals surface area contributed by atoms with Gasteiger partial charge < -0.3 is 14.6 Å². The first-order valence-electron chi connectivity index (χ1n) is 10.5. The quantitative estimate of drug-likeness (QED) is 0.387. The number of carbonyl (C=O) groups is 1. The van der Waals surface area contributed by atoms with Gasteiger partial charge in [-0.05, 0) is 83.0 Å². The molecule has 0 unspecified atom stereocenters. The minimum Gasteiger partial charge on any atom is -0.485 e. The van der Waals surface area contributed by atoms with Crippen LogP contribution in [0.15, 0.2) is 59.5 Å². The Morgan fingerprint density at radius 1 is 1.09 bits per heavy atom. The van der Waals surface area contributed by atoms with E-state index in [1.807, 2.05) is 20.8 Å². The SMILES string of the molecule is C=C(SC(=C(C)C)[C@@H](C)Oc1ccc(OC(C)(C)C(=O)O)c(C)c1)c1ccc(C(F)(F)F)cc1. The Kier molecular flexibility index (Phi) is 8.53. The van der Waals surface area contributed by atoms with Gasteiger partial charge in [0.2, 0.25) is 0 Å². The predicted molar refractivity (Wildman–Crippen MR) is 130 cm³/mol. The average molecular weight is 495 g/mol. The van der Waals surface area contributed by atoms with Crippen LogP contribution >= 0.6 is 11.8 Å². The van der Waals surface area contributed by atoms with Crippen molar-refractivity contribution in [3.05, 3.63) is 76.2 Å². The number of hydrogen-bond acceptors (Lipinski definition) is 4. The highest BCUT2D eigenvalue weighted by Gasteiger charge is 2.31. The molecule has 0 radical (unpaired) electrons. The lowest BCUT2D eigenvalue weighted by Gasteiger charge is -2.24. The van der Waals surface area contributed by atoms with E-state index in [1.165, 1.54) is 37.7 Å². The predicted octanol–water partition coefficient (Wildman–Crippen LogP) is 7.72. The third-order valence-corrected chi connectivity index (χ3v) is 6.41. The van der Waals surface area contributed by atoms with Crippen molar-refractivity contribution in [1.82, 2.24) is 0 Å². The Labute approximate surface area is 202 Å². The van der Waals surface area contributed by atoms with E-state index in [-0.39, 0.29) is 6.10 Å². The summed E-state index contributed by atoms with van der Waals surface area (Å²) in [6.45, 7) is 14.5.